The summed E-state index contributed by atoms with van der Waals surface area (Å²) in [4.78, 5) is 20.8. The Morgan fingerprint density at radius 1 is 1.50 bits per heavy atom. The minimum atomic E-state index is -1.06. The number of aromatic nitrogens is 2. The number of carboxylic acid groups (broad SMARTS) is 1. The molecule has 0 radical (unpaired) electrons. The van der Waals surface area contributed by atoms with Crippen LogP contribution < -0.4 is 4.90 Å². The summed E-state index contributed by atoms with van der Waals surface area (Å²) >= 11 is 0. The van der Waals surface area contributed by atoms with E-state index in [4.69, 9.17) is 9.84 Å². The lowest BCUT2D eigenvalue weighted by atomic mass is 10.2. The molecule has 0 spiro atoms. The third kappa shape index (κ3) is 2.76. The molecule has 1 aromatic heterocycles. The number of anilines is 1. The molecule has 0 saturated carbocycles. The third-order valence-electron chi connectivity index (χ3n) is 2.96. The van der Waals surface area contributed by atoms with Crippen molar-refractivity contribution in [3.05, 3.63) is 18.1 Å². The van der Waals surface area contributed by atoms with Gasteiger partial charge in [-0.05, 0) is 13.3 Å². The van der Waals surface area contributed by atoms with E-state index >= 15 is 0 Å². The predicted octanol–water partition coefficient (Wildman–Crippen LogP) is 1.18. The number of hydrogen-bond donors (Lipinski definition) is 1. The summed E-state index contributed by atoms with van der Waals surface area (Å²) in [5.74, 6) is -0.357. The van der Waals surface area contributed by atoms with Crippen LogP contribution in [0, 0.1) is 0 Å². The van der Waals surface area contributed by atoms with Crippen molar-refractivity contribution in [3.8, 4) is 0 Å². The van der Waals surface area contributed by atoms with Crippen molar-refractivity contribution in [1.29, 1.82) is 0 Å². The number of morpholine rings is 1. The zero-order valence-electron chi connectivity index (χ0n) is 10.5. The standard InChI is InChI=1S/C12H17N3O3/c1-3-9-7-15(6-8(2)18-9)11-5-13-10(4-14-11)12(16)17/h4-5,8-9H,3,6-7H2,1-2H3,(H,16,17). The van der Waals surface area contributed by atoms with E-state index in [1.54, 1.807) is 0 Å². The maximum absolute atomic E-state index is 10.7. The van der Waals surface area contributed by atoms with Crippen molar-refractivity contribution in [2.75, 3.05) is 18.0 Å². The maximum atomic E-state index is 10.7. The number of ether oxygens (including phenoxy) is 1. The summed E-state index contributed by atoms with van der Waals surface area (Å²) in [5.41, 5.74) is -0.0351. The van der Waals surface area contributed by atoms with Crippen molar-refractivity contribution < 1.29 is 14.6 Å². The zero-order chi connectivity index (χ0) is 13.1. The Kier molecular flexibility index (Phi) is 3.76. The smallest absolute Gasteiger partial charge is 0.356 e. The molecule has 0 aromatic carbocycles. The van der Waals surface area contributed by atoms with E-state index in [1.165, 1.54) is 12.4 Å². The van der Waals surface area contributed by atoms with E-state index in [2.05, 4.69) is 21.8 Å². The van der Waals surface area contributed by atoms with Crippen LogP contribution in [0.25, 0.3) is 0 Å². The normalized spacial score (nSPS) is 24.0. The average Bonchev–Trinajstić information content (AvgIpc) is 2.38. The van der Waals surface area contributed by atoms with E-state index in [-0.39, 0.29) is 17.9 Å². The highest BCUT2D eigenvalue weighted by atomic mass is 16.5. The van der Waals surface area contributed by atoms with Gasteiger partial charge in [-0.25, -0.2) is 14.8 Å². The van der Waals surface area contributed by atoms with Gasteiger partial charge in [0.05, 0.1) is 24.6 Å². The Hall–Kier alpha value is -1.69. The highest BCUT2D eigenvalue weighted by Crippen LogP contribution is 2.18. The van der Waals surface area contributed by atoms with Gasteiger partial charge in [-0.2, -0.15) is 0 Å². The molecule has 2 heterocycles. The minimum Gasteiger partial charge on any atom is -0.476 e. The first-order valence-corrected chi connectivity index (χ1v) is 6.06. The fourth-order valence-corrected chi connectivity index (χ4v) is 2.05. The van der Waals surface area contributed by atoms with Gasteiger partial charge in [-0.1, -0.05) is 6.92 Å². The van der Waals surface area contributed by atoms with Crippen LogP contribution in [0.2, 0.25) is 0 Å². The Labute approximate surface area is 106 Å². The highest BCUT2D eigenvalue weighted by Gasteiger charge is 2.25. The quantitative estimate of drug-likeness (QED) is 0.869. The molecule has 1 N–H and O–H groups in total. The molecule has 1 aliphatic heterocycles. The van der Waals surface area contributed by atoms with Crippen LogP contribution in [0.5, 0.6) is 0 Å². The van der Waals surface area contributed by atoms with E-state index < -0.39 is 5.97 Å². The van der Waals surface area contributed by atoms with Crippen molar-refractivity contribution in [1.82, 2.24) is 9.97 Å². The lowest BCUT2D eigenvalue weighted by Gasteiger charge is -2.37. The van der Waals surface area contributed by atoms with Crippen LogP contribution in [0.4, 0.5) is 5.82 Å². The van der Waals surface area contributed by atoms with Crippen LogP contribution in [0.1, 0.15) is 30.8 Å². The molecule has 1 saturated heterocycles. The van der Waals surface area contributed by atoms with Crippen molar-refractivity contribution >= 4 is 11.8 Å². The first kappa shape index (κ1) is 12.8. The highest BCUT2D eigenvalue weighted by molar-refractivity contribution is 5.84. The van der Waals surface area contributed by atoms with Gasteiger partial charge in [-0.15, -0.1) is 0 Å². The Morgan fingerprint density at radius 2 is 2.28 bits per heavy atom. The largest absolute Gasteiger partial charge is 0.476 e. The molecule has 1 aromatic rings. The zero-order valence-corrected chi connectivity index (χ0v) is 10.5. The number of nitrogens with zero attached hydrogens (tertiary/aromatic N) is 3. The molecule has 0 amide bonds. The molecule has 1 aliphatic rings. The predicted molar refractivity (Wildman–Crippen MR) is 65.8 cm³/mol. The van der Waals surface area contributed by atoms with Gasteiger partial charge < -0.3 is 14.7 Å². The number of carbonyl (C=O) groups is 1. The van der Waals surface area contributed by atoms with Crippen LogP contribution in [-0.4, -0.2) is 46.3 Å². The fourth-order valence-electron chi connectivity index (χ4n) is 2.05. The monoisotopic (exact) mass is 251 g/mol. The number of aromatic carboxylic acids is 1. The van der Waals surface area contributed by atoms with E-state index in [0.717, 1.165) is 19.5 Å². The van der Waals surface area contributed by atoms with Gasteiger partial charge in [0.2, 0.25) is 0 Å². The van der Waals surface area contributed by atoms with Crippen LogP contribution in [-0.2, 0) is 4.74 Å². The average molecular weight is 251 g/mol. The molecule has 1 fully saturated rings. The summed E-state index contributed by atoms with van der Waals surface area (Å²) in [6, 6.07) is 0. The van der Waals surface area contributed by atoms with Gasteiger partial charge in [0.1, 0.15) is 5.82 Å². The fraction of sp³-hybridized carbons (Fsp3) is 0.583. The molecule has 2 atom stereocenters. The molecule has 2 rings (SSSR count). The van der Waals surface area contributed by atoms with Gasteiger partial charge in [0.15, 0.2) is 5.69 Å². The first-order chi connectivity index (χ1) is 8.60. The first-order valence-electron chi connectivity index (χ1n) is 6.06. The van der Waals surface area contributed by atoms with Crippen molar-refractivity contribution in [2.24, 2.45) is 0 Å². The third-order valence-corrected chi connectivity index (χ3v) is 2.96. The maximum Gasteiger partial charge on any atom is 0.356 e. The molecule has 6 nitrogen and oxygen atoms in total. The number of hydrogen-bond acceptors (Lipinski definition) is 5. The minimum absolute atomic E-state index is 0.0351. The van der Waals surface area contributed by atoms with E-state index in [9.17, 15) is 4.79 Å². The van der Waals surface area contributed by atoms with Crippen molar-refractivity contribution in [2.45, 2.75) is 32.5 Å². The molecular weight excluding hydrogens is 234 g/mol. The summed E-state index contributed by atoms with van der Waals surface area (Å²) in [5, 5.41) is 8.77. The Morgan fingerprint density at radius 3 is 2.83 bits per heavy atom. The van der Waals surface area contributed by atoms with Crippen LogP contribution >= 0.6 is 0 Å². The summed E-state index contributed by atoms with van der Waals surface area (Å²) in [6.07, 6.45) is 4.08. The molecular formula is C12H17N3O3. The second-order valence-electron chi connectivity index (χ2n) is 4.45. The SMILES string of the molecule is CCC1CN(c2cnc(C(=O)O)cn2)CC(C)O1. The van der Waals surface area contributed by atoms with Crippen LogP contribution in [0.3, 0.4) is 0 Å². The van der Waals surface area contributed by atoms with Crippen LogP contribution in [0.15, 0.2) is 12.4 Å². The van der Waals surface area contributed by atoms with Gasteiger partial charge >= 0.3 is 5.97 Å². The topological polar surface area (TPSA) is 75.6 Å². The van der Waals surface area contributed by atoms with Gasteiger partial charge in [-0.3, -0.25) is 0 Å². The van der Waals surface area contributed by atoms with Gasteiger partial charge in [0, 0.05) is 13.1 Å². The molecule has 18 heavy (non-hydrogen) atoms. The summed E-state index contributed by atoms with van der Waals surface area (Å²) in [7, 11) is 0. The lowest BCUT2D eigenvalue weighted by molar-refractivity contribution is -0.0174. The van der Waals surface area contributed by atoms with Crippen molar-refractivity contribution in [3.63, 3.8) is 0 Å². The second kappa shape index (κ2) is 5.30. The Balaban J connectivity index is 2.12. The summed E-state index contributed by atoms with van der Waals surface area (Å²) in [6.45, 7) is 5.62. The molecule has 98 valence electrons. The molecule has 6 heteroatoms. The molecule has 0 bridgehead atoms. The molecule has 2 unspecified atom stereocenters. The lowest BCUT2D eigenvalue weighted by Crippen LogP contribution is -2.46. The van der Waals surface area contributed by atoms with E-state index in [1.807, 2.05) is 6.92 Å². The summed E-state index contributed by atoms with van der Waals surface area (Å²) < 4.78 is 5.77. The number of rotatable bonds is 3. The second-order valence-corrected chi connectivity index (χ2v) is 4.45. The van der Waals surface area contributed by atoms with E-state index in [0.29, 0.717) is 5.82 Å². The number of carboxylic acids is 1. The Bertz CT molecular complexity index is 421. The molecule has 0 aliphatic carbocycles. The van der Waals surface area contributed by atoms with Gasteiger partial charge in [0.25, 0.3) is 0 Å².